The zero-order valence-corrected chi connectivity index (χ0v) is 15.2. The van der Waals surface area contributed by atoms with Crippen LogP contribution in [0.3, 0.4) is 0 Å². The van der Waals surface area contributed by atoms with Crippen LogP contribution in [0.1, 0.15) is 28.0 Å². The van der Waals surface area contributed by atoms with Crippen molar-refractivity contribution < 1.29 is 9.90 Å². The van der Waals surface area contributed by atoms with Crippen LogP contribution in [0.4, 0.5) is 0 Å². The number of nitrogens with zero attached hydrogens (tertiary/aromatic N) is 5. The Morgan fingerprint density at radius 3 is 2.77 bits per heavy atom. The highest BCUT2D eigenvalue weighted by atomic mass is 16.4. The number of carboxylic acids is 1. The van der Waals surface area contributed by atoms with Crippen LogP contribution in [-0.4, -0.2) is 75.4 Å². The highest BCUT2D eigenvalue weighted by molar-refractivity contribution is 5.90. The van der Waals surface area contributed by atoms with Crippen molar-refractivity contribution in [2.24, 2.45) is 0 Å². The summed E-state index contributed by atoms with van der Waals surface area (Å²) in [4.78, 5) is 20.9. The molecule has 138 valence electrons. The Balaban J connectivity index is 1.52. The molecule has 0 amide bonds. The molecule has 0 saturated carbocycles. The van der Waals surface area contributed by atoms with Gasteiger partial charge in [-0.1, -0.05) is 0 Å². The van der Waals surface area contributed by atoms with Crippen molar-refractivity contribution in [2.75, 3.05) is 39.8 Å². The van der Waals surface area contributed by atoms with E-state index in [0.717, 1.165) is 67.9 Å². The molecule has 7 nitrogen and oxygen atoms in total. The molecule has 1 N–H and O–H groups in total. The Labute approximate surface area is 153 Å². The summed E-state index contributed by atoms with van der Waals surface area (Å²) in [7, 11) is 2.15. The third kappa shape index (κ3) is 3.24. The van der Waals surface area contributed by atoms with Crippen LogP contribution in [-0.2, 0) is 19.4 Å². The molecule has 26 heavy (non-hydrogen) atoms. The maximum absolute atomic E-state index is 11.9. The van der Waals surface area contributed by atoms with Gasteiger partial charge in [-0.2, -0.15) is 5.10 Å². The molecule has 7 heteroatoms. The molecule has 2 aliphatic rings. The molecule has 0 atom stereocenters. The minimum absolute atomic E-state index is 0.362. The molecule has 0 radical (unpaired) electrons. The Bertz CT molecular complexity index is 808. The van der Waals surface area contributed by atoms with Crippen molar-refractivity contribution in [1.82, 2.24) is 24.6 Å². The van der Waals surface area contributed by atoms with Gasteiger partial charge in [0, 0.05) is 56.2 Å². The maximum atomic E-state index is 11.9. The number of aromatic nitrogens is 3. The third-order valence-electron chi connectivity index (χ3n) is 5.50. The quantitative estimate of drug-likeness (QED) is 0.873. The van der Waals surface area contributed by atoms with E-state index in [2.05, 4.69) is 26.9 Å². The molecule has 1 aliphatic heterocycles. The van der Waals surface area contributed by atoms with Gasteiger partial charge in [0.25, 0.3) is 0 Å². The predicted octanol–water partition coefficient (Wildman–Crippen LogP) is 1.38. The maximum Gasteiger partial charge on any atom is 0.354 e. The number of carbonyl (C=O) groups is 1. The number of aromatic carboxylic acids is 1. The van der Waals surface area contributed by atoms with Crippen LogP contribution in [0.25, 0.3) is 11.3 Å². The first-order valence-corrected chi connectivity index (χ1v) is 9.30. The summed E-state index contributed by atoms with van der Waals surface area (Å²) >= 11 is 0. The SMILES string of the molecule is CN1CCN(CCCn2nc3c(c2C(=O)O)CCc2cnccc2-3)CC1. The fourth-order valence-corrected chi connectivity index (χ4v) is 3.99. The Morgan fingerprint density at radius 2 is 2.00 bits per heavy atom. The average Bonchev–Trinajstić information content (AvgIpc) is 3.02. The van der Waals surface area contributed by atoms with Gasteiger partial charge in [-0.05, 0) is 44.5 Å². The van der Waals surface area contributed by atoms with Gasteiger partial charge in [-0.3, -0.25) is 9.67 Å². The zero-order chi connectivity index (χ0) is 18.1. The first-order chi connectivity index (χ1) is 12.6. The molecule has 2 aromatic rings. The van der Waals surface area contributed by atoms with Crippen molar-refractivity contribution >= 4 is 5.97 Å². The number of fused-ring (bicyclic) bond motifs is 3. The highest BCUT2D eigenvalue weighted by Crippen LogP contribution is 2.34. The van der Waals surface area contributed by atoms with E-state index in [9.17, 15) is 9.90 Å². The van der Waals surface area contributed by atoms with E-state index < -0.39 is 5.97 Å². The first-order valence-electron chi connectivity index (χ1n) is 9.30. The summed E-state index contributed by atoms with van der Waals surface area (Å²) in [5.74, 6) is -0.879. The Kier molecular flexibility index (Phi) is 4.74. The van der Waals surface area contributed by atoms with Crippen molar-refractivity contribution in [2.45, 2.75) is 25.8 Å². The summed E-state index contributed by atoms with van der Waals surface area (Å²) in [6.07, 6.45) is 6.07. The monoisotopic (exact) mass is 355 g/mol. The van der Waals surface area contributed by atoms with E-state index in [1.165, 1.54) is 0 Å². The summed E-state index contributed by atoms with van der Waals surface area (Å²) in [5, 5.41) is 14.4. The molecule has 0 spiro atoms. The van der Waals surface area contributed by atoms with Gasteiger partial charge in [0.05, 0.1) is 5.69 Å². The number of likely N-dealkylation sites (N-methyl/N-ethyl adjacent to an activating group) is 1. The van der Waals surface area contributed by atoms with Gasteiger partial charge in [0.1, 0.15) is 5.69 Å². The van der Waals surface area contributed by atoms with E-state index >= 15 is 0 Å². The van der Waals surface area contributed by atoms with Crippen molar-refractivity contribution in [3.63, 3.8) is 0 Å². The van der Waals surface area contributed by atoms with E-state index in [-0.39, 0.29) is 0 Å². The van der Waals surface area contributed by atoms with Gasteiger partial charge in [0.15, 0.2) is 0 Å². The van der Waals surface area contributed by atoms with Gasteiger partial charge in [-0.25, -0.2) is 4.79 Å². The lowest BCUT2D eigenvalue weighted by Gasteiger charge is -2.32. The molecular formula is C19H25N5O2. The van der Waals surface area contributed by atoms with Crippen LogP contribution < -0.4 is 0 Å². The molecule has 0 bridgehead atoms. The number of rotatable bonds is 5. The largest absolute Gasteiger partial charge is 0.477 e. The van der Waals surface area contributed by atoms with E-state index in [1.807, 2.05) is 12.3 Å². The van der Waals surface area contributed by atoms with E-state index in [1.54, 1.807) is 10.9 Å². The lowest BCUT2D eigenvalue weighted by Crippen LogP contribution is -2.44. The standard InChI is InChI=1S/C19H25N5O2/c1-22-9-11-23(12-10-22)7-2-8-24-18(19(25)26)16-4-3-14-13-20-6-5-15(14)17(16)21-24/h5-6,13H,2-4,7-12H2,1H3,(H,25,26). The minimum atomic E-state index is -0.879. The van der Waals surface area contributed by atoms with Crippen LogP contribution >= 0.6 is 0 Å². The summed E-state index contributed by atoms with van der Waals surface area (Å²) < 4.78 is 1.71. The fourth-order valence-electron chi connectivity index (χ4n) is 3.99. The minimum Gasteiger partial charge on any atom is -0.477 e. The van der Waals surface area contributed by atoms with Crippen LogP contribution in [0.15, 0.2) is 18.5 Å². The lowest BCUT2D eigenvalue weighted by atomic mass is 9.90. The summed E-state index contributed by atoms with van der Waals surface area (Å²) in [6.45, 7) is 5.98. The molecule has 3 heterocycles. The molecule has 0 aromatic carbocycles. The number of hydrogen-bond donors (Lipinski definition) is 1. The number of hydrogen-bond acceptors (Lipinski definition) is 5. The van der Waals surface area contributed by atoms with Crippen molar-refractivity contribution in [3.8, 4) is 11.3 Å². The smallest absolute Gasteiger partial charge is 0.354 e. The van der Waals surface area contributed by atoms with E-state index in [0.29, 0.717) is 18.7 Å². The molecule has 2 aromatic heterocycles. The number of piperazine rings is 1. The number of aryl methyl sites for hydroxylation is 2. The average molecular weight is 355 g/mol. The third-order valence-corrected chi connectivity index (χ3v) is 5.50. The normalized spacial score (nSPS) is 17.7. The van der Waals surface area contributed by atoms with E-state index in [4.69, 9.17) is 0 Å². The van der Waals surface area contributed by atoms with Crippen molar-refractivity contribution in [3.05, 3.63) is 35.3 Å². The molecule has 1 saturated heterocycles. The number of carboxylic acid groups (broad SMARTS) is 1. The van der Waals surface area contributed by atoms with Gasteiger partial charge in [0.2, 0.25) is 0 Å². The summed E-state index contributed by atoms with van der Waals surface area (Å²) in [6, 6.07) is 1.94. The van der Waals surface area contributed by atoms with Crippen LogP contribution in [0.5, 0.6) is 0 Å². The predicted molar refractivity (Wildman–Crippen MR) is 98.4 cm³/mol. The van der Waals surface area contributed by atoms with Gasteiger partial charge < -0.3 is 14.9 Å². The lowest BCUT2D eigenvalue weighted by molar-refractivity contribution is 0.0681. The molecule has 1 fully saturated rings. The fraction of sp³-hybridized carbons (Fsp3) is 0.526. The van der Waals surface area contributed by atoms with Crippen LogP contribution in [0, 0.1) is 0 Å². The zero-order valence-electron chi connectivity index (χ0n) is 15.2. The van der Waals surface area contributed by atoms with Crippen LogP contribution in [0.2, 0.25) is 0 Å². The van der Waals surface area contributed by atoms with Gasteiger partial charge in [-0.15, -0.1) is 0 Å². The second-order valence-electron chi connectivity index (χ2n) is 7.24. The Morgan fingerprint density at radius 1 is 1.19 bits per heavy atom. The van der Waals surface area contributed by atoms with Crippen molar-refractivity contribution in [1.29, 1.82) is 0 Å². The molecular weight excluding hydrogens is 330 g/mol. The topological polar surface area (TPSA) is 74.5 Å². The molecule has 4 rings (SSSR count). The summed E-state index contributed by atoms with van der Waals surface area (Å²) in [5.41, 5.74) is 4.24. The Hall–Kier alpha value is -2.25. The second kappa shape index (κ2) is 7.17. The molecule has 1 aliphatic carbocycles. The highest BCUT2D eigenvalue weighted by Gasteiger charge is 2.28. The van der Waals surface area contributed by atoms with Gasteiger partial charge >= 0.3 is 5.97 Å². The second-order valence-corrected chi connectivity index (χ2v) is 7.24. The first kappa shape index (κ1) is 17.2. The number of pyridine rings is 1. The molecule has 0 unspecified atom stereocenters.